The lowest BCUT2D eigenvalue weighted by Crippen LogP contribution is -1.92. The van der Waals surface area contributed by atoms with E-state index in [1.54, 1.807) is 6.08 Å². The molecule has 0 unspecified atom stereocenters. The highest BCUT2D eigenvalue weighted by Crippen LogP contribution is 2.00. The summed E-state index contributed by atoms with van der Waals surface area (Å²) in [4.78, 5) is 10.7. The lowest BCUT2D eigenvalue weighted by atomic mass is 10.2. The molecule has 0 aromatic heterocycles. The average molecular weight is 199 g/mol. The van der Waals surface area contributed by atoms with Crippen LogP contribution in [0, 0.1) is 0 Å². The Hall–Kier alpha value is -1.28. The maximum Gasteiger partial charge on any atom is 0.330 e. The summed E-state index contributed by atoms with van der Waals surface area (Å²) >= 11 is 0. The number of ether oxygens (including phenoxy) is 1. The largest absolute Gasteiger partial charge is 0.466 e. The van der Waals surface area contributed by atoms with Gasteiger partial charge in [-0.1, -0.05) is 30.3 Å². The standard InChI is InChI=1S/C10H10O2.ClH/c1-12-10(11)8-7-9-5-3-2-4-6-9;/h2-8H,1H3;1H. The summed E-state index contributed by atoms with van der Waals surface area (Å²) in [6.45, 7) is 0. The Balaban J connectivity index is 0.00000144. The van der Waals surface area contributed by atoms with Crippen molar-refractivity contribution in [1.29, 1.82) is 0 Å². The Labute approximate surface area is 83.6 Å². The van der Waals surface area contributed by atoms with Gasteiger partial charge in [0, 0.05) is 6.08 Å². The van der Waals surface area contributed by atoms with E-state index < -0.39 is 0 Å². The van der Waals surface area contributed by atoms with E-state index in [-0.39, 0.29) is 18.4 Å². The summed E-state index contributed by atoms with van der Waals surface area (Å²) in [5, 5.41) is 0. The maximum atomic E-state index is 10.7. The SMILES string of the molecule is COC(=O)C=Cc1ccccc1.Cl. The van der Waals surface area contributed by atoms with E-state index in [1.165, 1.54) is 13.2 Å². The molecule has 0 aliphatic heterocycles. The van der Waals surface area contributed by atoms with E-state index in [0.717, 1.165) is 5.56 Å². The Morgan fingerprint density at radius 2 is 1.92 bits per heavy atom. The van der Waals surface area contributed by atoms with Gasteiger partial charge in [0.15, 0.2) is 0 Å². The molecule has 0 saturated carbocycles. The molecule has 3 heteroatoms. The molecular formula is C10H11ClO2. The van der Waals surface area contributed by atoms with Crippen LogP contribution in [0.15, 0.2) is 36.4 Å². The van der Waals surface area contributed by atoms with E-state index in [9.17, 15) is 4.79 Å². The van der Waals surface area contributed by atoms with Gasteiger partial charge in [0.1, 0.15) is 0 Å². The third-order valence-corrected chi connectivity index (χ3v) is 1.41. The molecule has 0 heterocycles. The van der Waals surface area contributed by atoms with Crippen molar-refractivity contribution in [3.8, 4) is 0 Å². The van der Waals surface area contributed by atoms with Crippen LogP contribution in [0.3, 0.4) is 0 Å². The van der Waals surface area contributed by atoms with Crippen LogP contribution in [0.25, 0.3) is 6.08 Å². The third-order valence-electron chi connectivity index (χ3n) is 1.41. The number of methoxy groups -OCH3 is 1. The first-order valence-corrected chi connectivity index (χ1v) is 3.64. The molecule has 0 aliphatic carbocycles. The number of hydrogen-bond acceptors (Lipinski definition) is 2. The zero-order valence-electron chi connectivity index (χ0n) is 7.27. The fourth-order valence-corrected chi connectivity index (χ4v) is 0.796. The zero-order chi connectivity index (χ0) is 8.81. The molecule has 0 saturated heterocycles. The lowest BCUT2D eigenvalue weighted by Gasteiger charge is -1.91. The second kappa shape index (κ2) is 6.26. The summed E-state index contributed by atoms with van der Waals surface area (Å²) in [5.41, 5.74) is 0.989. The molecule has 0 amide bonds. The quantitative estimate of drug-likeness (QED) is 0.539. The highest BCUT2D eigenvalue weighted by atomic mass is 35.5. The van der Waals surface area contributed by atoms with Gasteiger partial charge in [0.2, 0.25) is 0 Å². The number of rotatable bonds is 2. The summed E-state index contributed by atoms with van der Waals surface area (Å²) in [6.07, 6.45) is 3.11. The predicted octanol–water partition coefficient (Wildman–Crippen LogP) is 2.29. The molecule has 70 valence electrons. The summed E-state index contributed by atoms with van der Waals surface area (Å²) in [7, 11) is 1.36. The molecule has 1 rings (SSSR count). The Bertz CT molecular complexity index is 280. The van der Waals surface area contributed by atoms with Gasteiger partial charge >= 0.3 is 5.97 Å². The number of carbonyl (C=O) groups excluding carboxylic acids is 1. The first-order chi connectivity index (χ1) is 5.83. The van der Waals surface area contributed by atoms with Crippen molar-refractivity contribution in [2.24, 2.45) is 0 Å². The second-order valence-corrected chi connectivity index (χ2v) is 2.27. The minimum atomic E-state index is -0.334. The molecule has 1 aromatic rings. The zero-order valence-corrected chi connectivity index (χ0v) is 8.08. The van der Waals surface area contributed by atoms with E-state index in [0.29, 0.717) is 0 Å². The number of carbonyl (C=O) groups is 1. The fourth-order valence-electron chi connectivity index (χ4n) is 0.796. The van der Waals surface area contributed by atoms with Crippen LogP contribution >= 0.6 is 12.4 Å². The fraction of sp³-hybridized carbons (Fsp3) is 0.100. The van der Waals surface area contributed by atoms with Gasteiger partial charge in [-0.3, -0.25) is 0 Å². The molecule has 0 N–H and O–H groups in total. The van der Waals surface area contributed by atoms with E-state index in [2.05, 4.69) is 4.74 Å². The highest BCUT2D eigenvalue weighted by Gasteiger charge is 1.89. The Morgan fingerprint density at radius 1 is 1.31 bits per heavy atom. The molecule has 0 fully saturated rings. The van der Waals surface area contributed by atoms with Gasteiger partial charge in [-0.05, 0) is 11.6 Å². The van der Waals surface area contributed by atoms with Gasteiger partial charge in [0.25, 0.3) is 0 Å². The van der Waals surface area contributed by atoms with Crippen LogP contribution in [-0.2, 0) is 9.53 Å². The monoisotopic (exact) mass is 198 g/mol. The molecule has 13 heavy (non-hydrogen) atoms. The number of hydrogen-bond donors (Lipinski definition) is 0. The predicted molar refractivity (Wildman–Crippen MR) is 54.7 cm³/mol. The smallest absolute Gasteiger partial charge is 0.330 e. The van der Waals surface area contributed by atoms with Crippen molar-refractivity contribution in [3.63, 3.8) is 0 Å². The molecule has 0 aliphatic rings. The van der Waals surface area contributed by atoms with E-state index in [4.69, 9.17) is 0 Å². The van der Waals surface area contributed by atoms with Crippen LogP contribution in [0.1, 0.15) is 5.56 Å². The van der Waals surface area contributed by atoms with Gasteiger partial charge in [0.05, 0.1) is 7.11 Å². The van der Waals surface area contributed by atoms with Crippen LogP contribution in [0.5, 0.6) is 0 Å². The third kappa shape index (κ3) is 4.33. The van der Waals surface area contributed by atoms with Crippen molar-refractivity contribution >= 4 is 24.5 Å². The number of benzene rings is 1. The minimum Gasteiger partial charge on any atom is -0.466 e. The molecular weight excluding hydrogens is 188 g/mol. The summed E-state index contributed by atoms with van der Waals surface area (Å²) in [5.74, 6) is -0.334. The van der Waals surface area contributed by atoms with Gasteiger partial charge < -0.3 is 4.74 Å². The minimum absolute atomic E-state index is 0. The van der Waals surface area contributed by atoms with Crippen molar-refractivity contribution in [1.82, 2.24) is 0 Å². The topological polar surface area (TPSA) is 26.3 Å². The summed E-state index contributed by atoms with van der Waals surface area (Å²) in [6, 6.07) is 9.59. The highest BCUT2D eigenvalue weighted by molar-refractivity contribution is 5.86. The first-order valence-electron chi connectivity index (χ1n) is 3.64. The van der Waals surface area contributed by atoms with Crippen LogP contribution in [0.2, 0.25) is 0 Å². The van der Waals surface area contributed by atoms with Crippen LogP contribution in [-0.4, -0.2) is 13.1 Å². The van der Waals surface area contributed by atoms with Gasteiger partial charge in [-0.25, -0.2) is 4.79 Å². The van der Waals surface area contributed by atoms with E-state index in [1.807, 2.05) is 30.3 Å². The van der Waals surface area contributed by atoms with Crippen LogP contribution < -0.4 is 0 Å². The molecule has 1 aromatic carbocycles. The normalized spacial score (nSPS) is 9.31. The summed E-state index contributed by atoms with van der Waals surface area (Å²) < 4.78 is 4.45. The van der Waals surface area contributed by atoms with Crippen molar-refractivity contribution in [2.75, 3.05) is 7.11 Å². The maximum absolute atomic E-state index is 10.7. The Kier molecular flexibility index (Phi) is 5.64. The van der Waals surface area contributed by atoms with Gasteiger partial charge in [-0.15, -0.1) is 12.4 Å². The van der Waals surface area contributed by atoms with Gasteiger partial charge in [-0.2, -0.15) is 0 Å². The Morgan fingerprint density at radius 3 is 2.46 bits per heavy atom. The molecule has 0 bridgehead atoms. The molecule has 0 atom stereocenters. The first kappa shape index (κ1) is 11.7. The number of halogens is 1. The average Bonchev–Trinajstić information content (AvgIpc) is 2.16. The lowest BCUT2D eigenvalue weighted by molar-refractivity contribution is -0.134. The second-order valence-electron chi connectivity index (χ2n) is 2.27. The molecule has 0 radical (unpaired) electrons. The van der Waals surface area contributed by atoms with Crippen molar-refractivity contribution in [3.05, 3.63) is 42.0 Å². The van der Waals surface area contributed by atoms with Crippen LogP contribution in [0.4, 0.5) is 0 Å². The van der Waals surface area contributed by atoms with E-state index >= 15 is 0 Å². The number of esters is 1. The van der Waals surface area contributed by atoms with Crippen molar-refractivity contribution < 1.29 is 9.53 Å². The molecule has 0 spiro atoms. The molecule has 2 nitrogen and oxygen atoms in total. The van der Waals surface area contributed by atoms with Crippen molar-refractivity contribution in [2.45, 2.75) is 0 Å².